The maximum Gasteiger partial charge on any atom is 0.407 e. The van der Waals surface area contributed by atoms with E-state index in [1.165, 1.54) is 5.56 Å². The Morgan fingerprint density at radius 1 is 0.929 bits per heavy atom. The highest BCUT2D eigenvalue weighted by Gasteiger charge is 2.39. The topological polar surface area (TPSA) is 108 Å². The van der Waals surface area contributed by atoms with Crippen LogP contribution in [0.5, 0.6) is 0 Å². The van der Waals surface area contributed by atoms with E-state index >= 15 is 0 Å². The van der Waals surface area contributed by atoms with Gasteiger partial charge in [-0.05, 0) is 47.1 Å². The molecule has 3 aromatic carbocycles. The largest absolute Gasteiger partial charge is 0.481 e. The number of carboxylic acid groups (broad SMARTS) is 1. The molecule has 0 radical (unpaired) electrons. The minimum absolute atomic E-state index is 0.0582. The monoisotopic (exact) mass is 569 g/mol. The van der Waals surface area contributed by atoms with Gasteiger partial charge in [0.15, 0.2) is 0 Å². The Labute approximate surface area is 247 Å². The van der Waals surface area contributed by atoms with E-state index in [9.17, 15) is 19.5 Å². The lowest BCUT2D eigenvalue weighted by atomic mass is 9.83. The lowest BCUT2D eigenvalue weighted by molar-refractivity contribution is -0.141. The molecule has 8 nitrogen and oxygen atoms in total. The number of nitrogens with zero attached hydrogens (tertiary/aromatic N) is 1. The van der Waals surface area contributed by atoms with Crippen molar-refractivity contribution in [1.29, 1.82) is 0 Å². The second kappa shape index (κ2) is 13.2. The summed E-state index contributed by atoms with van der Waals surface area (Å²) in [5.74, 6) is -1.91. The van der Waals surface area contributed by atoms with Gasteiger partial charge in [0.1, 0.15) is 6.61 Å². The number of amides is 2. The molecule has 1 fully saturated rings. The Morgan fingerprint density at radius 3 is 2.12 bits per heavy atom. The first-order chi connectivity index (χ1) is 20.4. The van der Waals surface area contributed by atoms with E-state index in [0.29, 0.717) is 32.4 Å². The highest BCUT2D eigenvalue weighted by atomic mass is 16.5. The second-order valence-electron chi connectivity index (χ2n) is 11.4. The van der Waals surface area contributed by atoms with Crippen molar-refractivity contribution in [3.63, 3.8) is 0 Å². The van der Waals surface area contributed by atoms with Crippen molar-refractivity contribution in [2.24, 2.45) is 5.92 Å². The molecular formula is C34H39N3O5. The number of fused-ring (bicyclic) bond motifs is 3. The van der Waals surface area contributed by atoms with Crippen LogP contribution in [0.1, 0.15) is 55.2 Å². The molecule has 1 saturated heterocycles. The quantitative estimate of drug-likeness (QED) is 0.294. The number of hydrogen-bond donors (Lipinski definition) is 3. The second-order valence-corrected chi connectivity index (χ2v) is 11.4. The van der Waals surface area contributed by atoms with Crippen LogP contribution in [0.4, 0.5) is 4.79 Å². The molecule has 5 rings (SSSR count). The van der Waals surface area contributed by atoms with E-state index in [1.54, 1.807) is 6.92 Å². The van der Waals surface area contributed by atoms with Crippen LogP contribution in [0.3, 0.4) is 0 Å². The zero-order valence-corrected chi connectivity index (χ0v) is 24.1. The molecule has 3 aromatic rings. The van der Waals surface area contributed by atoms with Crippen LogP contribution in [0.15, 0.2) is 78.9 Å². The standard InChI is InChI=1S/C34H39N3O5/c1-2-25(32(39)40)21-35-31(38)20-34(16-18-37(19-17-34)22-24-10-4-3-5-11-24)36-33(41)42-23-30-28-14-8-6-12-26(28)27-13-7-9-15-29(27)30/h3-15,25,30H,2,16-23H2,1H3,(H,35,38)(H,36,41)(H,39,40). The molecule has 0 saturated carbocycles. The molecule has 1 aliphatic carbocycles. The zero-order valence-electron chi connectivity index (χ0n) is 24.1. The Hall–Kier alpha value is -4.17. The third-order valence-corrected chi connectivity index (χ3v) is 8.66. The third-order valence-electron chi connectivity index (χ3n) is 8.66. The van der Waals surface area contributed by atoms with Crippen molar-refractivity contribution < 1.29 is 24.2 Å². The highest BCUT2D eigenvalue weighted by Crippen LogP contribution is 2.44. The average molecular weight is 570 g/mol. The fourth-order valence-corrected chi connectivity index (χ4v) is 6.19. The number of benzene rings is 3. The number of rotatable bonds is 11. The number of aliphatic carboxylic acids is 1. The van der Waals surface area contributed by atoms with E-state index in [1.807, 2.05) is 42.5 Å². The van der Waals surface area contributed by atoms with Gasteiger partial charge in [-0.3, -0.25) is 14.5 Å². The number of likely N-dealkylation sites (tertiary alicyclic amines) is 1. The summed E-state index contributed by atoms with van der Waals surface area (Å²) in [6, 6.07) is 26.6. The molecule has 1 atom stereocenters. The van der Waals surface area contributed by atoms with E-state index in [0.717, 1.165) is 28.8 Å². The number of carbonyl (C=O) groups is 3. The van der Waals surface area contributed by atoms with E-state index < -0.39 is 23.5 Å². The molecule has 0 aromatic heterocycles. The van der Waals surface area contributed by atoms with Crippen LogP contribution < -0.4 is 10.6 Å². The van der Waals surface area contributed by atoms with Crippen LogP contribution >= 0.6 is 0 Å². The number of hydrogen-bond acceptors (Lipinski definition) is 5. The molecule has 2 amide bonds. The highest BCUT2D eigenvalue weighted by molar-refractivity contribution is 5.80. The van der Waals surface area contributed by atoms with Crippen molar-refractivity contribution >= 4 is 18.0 Å². The van der Waals surface area contributed by atoms with Gasteiger partial charge in [-0.15, -0.1) is 0 Å². The normalized spacial score (nSPS) is 16.6. The van der Waals surface area contributed by atoms with E-state index in [2.05, 4.69) is 51.9 Å². The number of piperidine rings is 1. The van der Waals surface area contributed by atoms with Gasteiger partial charge < -0.3 is 20.5 Å². The first kappa shape index (κ1) is 29.3. The van der Waals surface area contributed by atoms with Gasteiger partial charge in [0.25, 0.3) is 0 Å². The number of ether oxygens (including phenoxy) is 1. The SMILES string of the molecule is CCC(CNC(=O)CC1(NC(=O)OCC2c3ccccc3-c3ccccc32)CCN(Cc2ccccc2)CC1)C(=O)O. The summed E-state index contributed by atoms with van der Waals surface area (Å²) in [6.45, 7) is 4.25. The lowest BCUT2D eigenvalue weighted by Gasteiger charge is -2.42. The summed E-state index contributed by atoms with van der Waals surface area (Å²) in [4.78, 5) is 40.1. The van der Waals surface area contributed by atoms with Crippen molar-refractivity contribution in [2.45, 2.75) is 50.6 Å². The van der Waals surface area contributed by atoms with Gasteiger partial charge in [0.05, 0.1) is 11.5 Å². The van der Waals surface area contributed by atoms with Gasteiger partial charge in [-0.25, -0.2) is 4.79 Å². The number of carbonyl (C=O) groups excluding carboxylic acids is 2. The fourth-order valence-electron chi connectivity index (χ4n) is 6.19. The first-order valence-electron chi connectivity index (χ1n) is 14.8. The molecule has 42 heavy (non-hydrogen) atoms. The molecule has 220 valence electrons. The zero-order chi connectivity index (χ0) is 29.5. The van der Waals surface area contributed by atoms with Gasteiger partial charge >= 0.3 is 12.1 Å². The molecule has 3 N–H and O–H groups in total. The van der Waals surface area contributed by atoms with Crippen molar-refractivity contribution in [1.82, 2.24) is 15.5 Å². The number of alkyl carbamates (subject to hydrolysis) is 1. The maximum absolute atomic E-state index is 13.3. The Kier molecular flexibility index (Phi) is 9.22. The Bertz CT molecular complexity index is 1360. The van der Waals surface area contributed by atoms with Gasteiger partial charge in [-0.2, -0.15) is 0 Å². The predicted molar refractivity (Wildman–Crippen MR) is 161 cm³/mol. The van der Waals surface area contributed by atoms with Crippen LogP contribution in [0, 0.1) is 5.92 Å². The fraction of sp³-hybridized carbons (Fsp3) is 0.382. The van der Waals surface area contributed by atoms with Gasteiger partial charge in [0.2, 0.25) is 5.91 Å². The predicted octanol–water partition coefficient (Wildman–Crippen LogP) is 5.18. The first-order valence-corrected chi connectivity index (χ1v) is 14.8. The molecule has 1 aliphatic heterocycles. The molecule has 1 unspecified atom stereocenters. The Balaban J connectivity index is 1.25. The van der Waals surface area contributed by atoms with Gasteiger partial charge in [0, 0.05) is 38.5 Å². The number of carboxylic acids is 1. The van der Waals surface area contributed by atoms with Crippen molar-refractivity contribution in [2.75, 3.05) is 26.2 Å². The van der Waals surface area contributed by atoms with Crippen LogP contribution in [-0.4, -0.2) is 59.8 Å². The molecule has 2 aliphatic rings. The third kappa shape index (κ3) is 6.82. The number of nitrogens with one attached hydrogen (secondary N) is 2. The van der Waals surface area contributed by atoms with Crippen molar-refractivity contribution in [3.8, 4) is 11.1 Å². The molecule has 0 spiro atoms. The Morgan fingerprint density at radius 2 is 1.52 bits per heavy atom. The van der Waals surface area contributed by atoms with Crippen LogP contribution in [0.2, 0.25) is 0 Å². The summed E-state index contributed by atoms with van der Waals surface area (Å²) in [6.07, 6.45) is 1.10. The molecule has 1 heterocycles. The maximum atomic E-state index is 13.3. The van der Waals surface area contributed by atoms with Gasteiger partial charge in [-0.1, -0.05) is 85.8 Å². The molecule has 8 heteroatoms. The van der Waals surface area contributed by atoms with E-state index in [-0.39, 0.29) is 31.4 Å². The van der Waals surface area contributed by atoms with Crippen LogP contribution in [0.25, 0.3) is 11.1 Å². The summed E-state index contributed by atoms with van der Waals surface area (Å²) < 4.78 is 5.85. The lowest BCUT2D eigenvalue weighted by Crippen LogP contribution is -2.57. The average Bonchev–Trinajstić information content (AvgIpc) is 3.31. The summed E-state index contributed by atoms with van der Waals surface area (Å²) in [5.41, 5.74) is 5.02. The minimum Gasteiger partial charge on any atom is -0.481 e. The molecular weight excluding hydrogens is 530 g/mol. The summed E-state index contributed by atoms with van der Waals surface area (Å²) in [5, 5.41) is 15.2. The summed E-state index contributed by atoms with van der Waals surface area (Å²) >= 11 is 0. The smallest absolute Gasteiger partial charge is 0.407 e. The summed E-state index contributed by atoms with van der Waals surface area (Å²) in [7, 11) is 0. The van der Waals surface area contributed by atoms with Crippen LogP contribution in [-0.2, 0) is 20.9 Å². The van der Waals surface area contributed by atoms with E-state index in [4.69, 9.17) is 4.74 Å². The minimum atomic E-state index is -0.932. The van der Waals surface area contributed by atoms with Crippen molar-refractivity contribution in [3.05, 3.63) is 95.6 Å². The molecule has 0 bridgehead atoms.